The van der Waals surface area contributed by atoms with Crippen LogP contribution in [0.25, 0.3) is 11.0 Å². The number of amides is 3. The molecule has 0 aliphatic heterocycles. The lowest BCUT2D eigenvalue weighted by molar-refractivity contribution is -0.121. The molecule has 0 fully saturated rings. The number of hydrogen-bond acceptors (Lipinski definition) is 3. The molecule has 1 atom stereocenters. The van der Waals surface area contributed by atoms with Gasteiger partial charge in [0.25, 0.3) is 0 Å². The molecule has 3 aromatic rings. The number of nitrogens with one attached hydrogen (secondary N) is 2. The van der Waals surface area contributed by atoms with Crippen LogP contribution in [0.4, 0.5) is 4.79 Å². The first-order valence-electron chi connectivity index (χ1n) is 9.01. The molecule has 0 aliphatic carbocycles. The SMILES string of the molecule is NC(=O)NC(CC(=O)NCCCn1cnc2ccccc21)c1ccccc1Cl. The van der Waals surface area contributed by atoms with E-state index >= 15 is 0 Å². The minimum atomic E-state index is -0.704. The van der Waals surface area contributed by atoms with Gasteiger partial charge in [-0.2, -0.15) is 0 Å². The summed E-state index contributed by atoms with van der Waals surface area (Å²) in [6, 6.07) is 13.7. The minimum Gasteiger partial charge on any atom is -0.356 e. The number of fused-ring (bicyclic) bond motifs is 1. The molecule has 0 saturated carbocycles. The predicted molar refractivity (Wildman–Crippen MR) is 109 cm³/mol. The molecule has 8 heteroatoms. The normalized spacial score (nSPS) is 11.9. The highest BCUT2D eigenvalue weighted by atomic mass is 35.5. The lowest BCUT2D eigenvalue weighted by Crippen LogP contribution is -2.37. The second-order valence-corrected chi connectivity index (χ2v) is 6.82. The van der Waals surface area contributed by atoms with Crippen LogP contribution < -0.4 is 16.4 Å². The van der Waals surface area contributed by atoms with E-state index in [2.05, 4.69) is 20.2 Å². The standard InChI is InChI=1S/C20H22ClN5O2/c21-15-7-2-1-6-14(15)17(25-20(22)28)12-19(27)23-10-5-11-26-13-24-16-8-3-4-9-18(16)26/h1-4,6-9,13,17H,5,10-12H2,(H,23,27)(H3,22,25,28). The maximum absolute atomic E-state index is 12.3. The summed E-state index contributed by atoms with van der Waals surface area (Å²) in [5.41, 5.74) is 7.92. The number of benzene rings is 2. The molecule has 1 aromatic heterocycles. The number of aryl methyl sites for hydroxylation is 1. The summed E-state index contributed by atoms with van der Waals surface area (Å²) >= 11 is 6.18. The number of imidazole rings is 1. The first-order valence-corrected chi connectivity index (χ1v) is 9.39. The van der Waals surface area contributed by atoms with E-state index in [4.69, 9.17) is 17.3 Å². The summed E-state index contributed by atoms with van der Waals surface area (Å²) in [6.07, 6.45) is 2.61. The first-order chi connectivity index (χ1) is 13.5. The van der Waals surface area contributed by atoms with Crippen molar-refractivity contribution in [3.05, 3.63) is 65.4 Å². The van der Waals surface area contributed by atoms with E-state index < -0.39 is 12.1 Å². The Labute approximate surface area is 167 Å². The molecule has 4 N–H and O–H groups in total. The van der Waals surface area contributed by atoms with Gasteiger partial charge >= 0.3 is 6.03 Å². The van der Waals surface area contributed by atoms with Gasteiger partial charge in [0.15, 0.2) is 0 Å². The lowest BCUT2D eigenvalue weighted by atomic mass is 10.0. The summed E-state index contributed by atoms with van der Waals surface area (Å²) < 4.78 is 2.06. The molecular formula is C20H22ClN5O2. The number of aromatic nitrogens is 2. The number of rotatable bonds is 8. The molecule has 0 saturated heterocycles. The highest BCUT2D eigenvalue weighted by molar-refractivity contribution is 6.31. The first kappa shape index (κ1) is 19.7. The van der Waals surface area contributed by atoms with Crippen LogP contribution in [0.5, 0.6) is 0 Å². The Balaban J connectivity index is 1.52. The largest absolute Gasteiger partial charge is 0.356 e. The highest BCUT2D eigenvalue weighted by Crippen LogP contribution is 2.25. The van der Waals surface area contributed by atoms with Crippen molar-refractivity contribution >= 4 is 34.6 Å². The van der Waals surface area contributed by atoms with Gasteiger partial charge in [0.2, 0.25) is 5.91 Å². The van der Waals surface area contributed by atoms with Crippen LogP contribution in [0.1, 0.15) is 24.4 Å². The molecule has 146 valence electrons. The van der Waals surface area contributed by atoms with Crippen LogP contribution in [0, 0.1) is 0 Å². The number of primary amides is 1. The zero-order valence-electron chi connectivity index (χ0n) is 15.3. The van der Waals surface area contributed by atoms with Crippen LogP contribution in [0.2, 0.25) is 5.02 Å². The summed E-state index contributed by atoms with van der Waals surface area (Å²) in [5, 5.41) is 5.93. The Morgan fingerprint density at radius 1 is 1.14 bits per heavy atom. The number of carbonyl (C=O) groups is 2. The number of halogens is 1. The van der Waals surface area contributed by atoms with E-state index in [1.807, 2.05) is 24.3 Å². The maximum Gasteiger partial charge on any atom is 0.312 e. The molecule has 3 rings (SSSR count). The zero-order chi connectivity index (χ0) is 19.9. The Kier molecular flexibility index (Phi) is 6.49. The molecule has 28 heavy (non-hydrogen) atoms. The van der Waals surface area contributed by atoms with Gasteiger partial charge in [-0.3, -0.25) is 4.79 Å². The van der Waals surface area contributed by atoms with Crippen LogP contribution in [0.3, 0.4) is 0 Å². The average Bonchev–Trinajstić information content (AvgIpc) is 3.08. The molecule has 0 radical (unpaired) electrons. The molecular weight excluding hydrogens is 378 g/mol. The Morgan fingerprint density at radius 2 is 1.89 bits per heavy atom. The summed E-state index contributed by atoms with van der Waals surface area (Å²) in [6.45, 7) is 1.26. The van der Waals surface area contributed by atoms with Gasteiger partial charge in [-0.1, -0.05) is 41.9 Å². The van der Waals surface area contributed by atoms with Crippen molar-refractivity contribution < 1.29 is 9.59 Å². The number of nitrogens with zero attached hydrogens (tertiary/aromatic N) is 2. The molecule has 0 aliphatic rings. The fourth-order valence-corrected chi connectivity index (χ4v) is 3.36. The quantitative estimate of drug-likeness (QED) is 0.507. The van der Waals surface area contributed by atoms with Crippen LogP contribution in [0.15, 0.2) is 54.9 Å². The average molecular weight is 400 g/mol. The van der Waals surface area contributed by atoms with Gasteiger partial charge in [-0.25, -0.2) is 9.78 Å². The number of nitrogens with two attached hydrogens (primary N) is 1. The third kappa shape index (κ3) is 5.01. The monoisotopic (exact) mass is 399 g/mol. The second-order valence-electron chi connectivity index (χ2n) is 6.42. The third-order valence-corrected chi connectivity index (χ3v) is 4.76. The van der Waals surface area contributed by atoms with E-state index in [0.29, 0.717) is 17.1 Å². The third-order valence-electron chi connectivity index (χ3n) is 4.41. The number of urea groups is 1. The van der Waals surface area contributed by atoms with Gasteiger partial charge in [-0.05, 0) is 30.2 Å². The summed E-state index contributed by atoms with van der Waals surface area (Å²) in [7, 11) is 0. The van der Waals surface area contributed by atoms with Crippen molar-refractivity contribution in [2.75, 3.05) is 6.54 Å². The summed E-state index contributed by atoms with van der Waals surface area (Å²) in [5.74, 6) is -0.186. The number of carbonyl (C=O) groups excluding carboxylic acids is 2. The lowest BCUT2D eigenvalue weighted by Gasteiger charge is -2.19. The smallest absolute Gasteiger partial charge is 0.312 e. The Hall–Kier alpha value is -3.06. The predicted octanol–water partition coefficient (Wildman–Crippen LogP) is 3.00. The number of para-hydroxylation sites is 2. The van der Waals surface area contributed by atoms with Crippen molar-refractivity contribution in [1.29, 1.82) is 0 Å². The second kappa shape index (κ2) is 9.23. The fourth-order valence-electron chi connectivity index (χ4n) is 3.09. The van der Waals surface area contributed by atoms with Crippen LogP contribution in [-0.2, 0) is 11.3 Å². The molecule has 0 spiro atoms. The van der Waals surface area contributed by atoms with Crippen molar-refractivity contribution in [3.63, 3.8) is 0 Å². The molecule has 3 amide bonds. The van der Waals surface area contributed by atoms with Crippen molar-refractivity contribution in [2.24, 2.45) is 5.73 Å². The van der Waals surface area contributed by atoms with Crippen LogP contribution in [-0.4, -0.2) is 28.0 Å². The Bertz CT molecular complexity index is 972. The van der Waals surface area contributed by atoms with Gasteiger partial charge < -0.3 is 20.9 Å². The molecule has 0 bridgehead atoms. The van der Waals surface area contributed by atoms with Gasteiger partial charge in [0.05, 0.1) is 29.8 Å². The highest BCUT2D eigenvalue weighted by Gasteiger charge is 2.19. The Morgan fingerprint density at radius 3 is 2.68 bits per heavy atom. The van der Waals surface area contributed by atoms with E-state index in [1.165, 1.54) is 0 Å². The topological polar surface area (TPSA) is 102 Å². The molecule has 7 nitrogen and oxygen atoms in total. The van der Waals surface area contributed by atoms with Gasteiger partial charge in [0.1, 0.15) is 0 Å². The van der Waals surface area contributed by atoms with Crippen molar-refractivity contribution in [2.45, 2.75) is 25.4 Å². The maximum atomic E-state index is 12.3. The molecule has 2 aromatic carbocycles. The number of hydrogen-bond donors (Lipinski definition) is 3. The van der Waals surface area contributed by atoms with E-state index in [-0.39, 0.29) is 12.3 Å². The van der Waals surface area contributed by atoms with Crippen LogP contribution >= 0.6 is 11.6 Å². The summed E-state index contributed by atoms with van der Waals surface area (Å²) in [4.78, 5) is 28.0. The van der Waals surface area contributed by atoms with Crippen molar-refractivity contribution in [3.8, 4) is 0 Å². The van der Waals surface area contributed by atoms with Gasteiger partial charge in [0, 0.05) is 18.1 Å². The van der Waals surface area contributed by atoms with E-state index in [1.54, 1.807) is 30.6 Å². The zero-order valence-corrected chi connectivity index (χ0v) is 16.0. The van der Waals surface area contributed by atoms with E-state index in [0.717, 1.165) is 24.0 Å². The molecule has 1 heterocycles. The minimum absolute atomic E-state index is 0.0562. The van der Waals surface area contributed by atoms with E-state index in [9.17, 15) is 9.59 Å². The fraction of sp³-hybridized carbons (Fsp3) is 0.250. The molecule has 1 unspecified atom stereocenters. The van der Waals surface area contributed by atoms with Crippen molar-refractivity contribution in [1.82, 2.24) is 20.2 Å². The van der Waals surface area contributed by atoms with Gasteiger partial charge in [-0.15, -0.1) is 0 Å².